The Morgan fingerprint density at radius 2 is 2.04 bits per heavy atom. The highest BCUT2D eigenvalue weighted by atomic mass is 16.2. The van der Waals surface area contributed by atoms with E-state index in [0.717, 1.165) is 11.1 Å². The molecule has 1 aliphatic carbocycles. The molecule has 144 valence electrons. The van der Waals surface area contributed by atoms with Gasteiger partial charge in [0.2, 0.25) is 11.8 Å². The zero-order chi connectivity index (χ0) is 19.2. The molecular weight excluding hydrogens is 344 g/mol. The van der Waals surface area contributed by atoms with Crippen molar-refractivity contribution in [3.8, 4) is 0 Å². The van der Waals surface area contributed by atoms with Gasteiger partial charge >= 0.3 is 0 Å². The van der Waals surface area contributed by atoms with E-state index in [1.165, 1.54) is 12.8 Å². The normalized spacial score (nSPS) is 24.6. The number of carbonyl (C=O) groups excluding carboxylic acids is 3. The average Bonchev–Trinajstić information content (AvgIpc) is 3.46. The molecule has 4 rings (SSSR count). The van der Waals surface area contributed by atoms with Gasteiger partial charge in [-0.25, -0.2) is 0 Å². The number of nitrogens with one attached hydrogen (secondary N) is 2. The van der Waals surface area contributed by atoms with Crippen LogP contribution in [0.15, 0.2) is 18.2 Å². The molecule has 0 aromatic heterocycles. The minimum atomic E-state index is -0.579. The highest BCUT2D eigenvalue weighted by Crippen LogP contribution is 2.39. The average molecular weight is 370 g/mol. The molecule has 1 saturated heterocycles. The lowest BCUT2D eigenvalue weighted by molar-refractivity contribution is -0.136. The van der Waals surface area contributed by atoms with Crippen LogP contribution in [0.25, 0.3) is 0 Å². The number of amides is 3. The van der Waals surface area contributed by atoms with Gasteiger partial charge in [0.25, 0.3) is 5.91 Å². The summed E-state index contributed by atoms with van der Waals surface area (Å²) < 4.78 is 0. The summed E-state index contributed by atoms with van der Waals surface area (Å²) in [6.45, 7) is 3.79. The van der Waals surface area contributed by atoms with Crippen LogP contribution in [-0.2, 0) is 22.7 Å². The van der Waals surface area contributed by atoms with Crippen LogP contribution in [0.2, 0.25) is 0 Å². The predicted octanol–water partition coefficient (Wildman–Crippen LogP) is 0.665. The number of benzene rings is 1. The standard InChI is InChI=1S/C20H26N4O3/c1-20(11-21,13-5-6-13)22-9-12-3-2-4-14-15(12)10-24(19(14)27)16-7-8-17(25)23-18(16)26/h2-4,13,16,22H,5-11,21H2,1H3,(H,23,25,26). The molecule has 3 aliphatic rings. The van der Waals surface area contributed by atoms with E-state index in [9.17, 15) is 14.4 Å². The summed E-state index contributed by atoms with van der Waals surface area (Å²) in [6.07, 6.45) is 3.05. The van der Waals surface area contributed by atoms with Gasteiger partial charge in [-0.1, -0.05) is 12.1 Å². The Kier molecular flexibility index (Phi) is 4.52. The fraction of sp³-hybridized carbons (Fsp3) is 0.550. The van der Waals surface area contributed by atoms with Gasteiger partial charge in [-0.15, -0.1) is 0 Å². The fourth-order valence-corrected chi connectivity index (χ4v) is 4.22. The predicted molar refractivity (Wildman–Crippen MR) is 99.5 cm³/mol. The van der Waals surface area contributed by atoms with Crippen LogP contribution in [0, 0.1) is 5.92 Å². The second-order valence-electron chi connectivity index (χ2n) is 8.09. The highest BCUT2D eigenvalue weighted by molar-refractivity contribution is 6.05. The van der Waals surface area contributed by atoms with Crippen LogP contribution in [0.4, 0.5) is 0 Å². The lowest BCUT2D eigenvalue weighted by atomic mass is 9.94. The zero-order valence-corrected chi connectivity index (χ0v) is 15.6. The summed E-state index contributed by atoms with van der Waals surface area (Å²) in [7, 11) is 0. The number of fused-ring (bicyclic) bond motifs is 1. The molecule has 2 aliphatic heterocycles. The first-order chi connectivity index (χ1) is 12.9. The van der Waals surface area contributed by atoms with Gasteiger partial charge < -0.3 is 16.0 Å². The molecule has 0 radical (unpaired) electrons. The number of rotatable bonds is 6. The van der Waals surface area contributed by atoms with Crippen LogP contribution in [0.3, 0.4) is 0 Å². The van der Waals surface area contributed by atoms with Gasteiger partial charge in [-0.3, -0.25) is 19.7 Å². The second-order valence-corrected chi connectivity index (χ2v) is 8.09. The number of nitrogens with two attached hydrogens (primary N) is 1. The zero-order valence-electron chi connectivity index (χ0n) is 15.6. The maximum absolute atomic E-state index is 12.9. The van der Waals surface area contributed by atoms with E-state index in [1.54, 1.807) is 4.90 Å². The van der Waals surface area contributed by atoms with Crippen molar-refractivity contribution in [3.63, 3.8) is 0 Å². The number of imide groups is 1. The van der Waals surface area contributed by atoms with Crippen LogP contribution in [0.1, 0.15) is 54.1 Å². The molecular formula is C20H26N4O3. The van der Waals surface area contributed by atoms with Gasteiger partial charge in [0.05, 0.1) is 0 Å². The molecule has 7 nitrogen and oxygen atoms in total. The summed E-state index contributed by atoms with van der Waals surface area (Å²) in [6, 6.07) is 5.15. The molecule has 2 atom stereocenters. The number of hydrogen-bond donors (Lipinski definition) is 3. The maximum atomic E-state index is 12.9. The van der Waals surface area contributed by atoms with Gasteiger partial charge in [-0.05, 0) is 49.3 Å². The summed E-state index contributed by atoms with van der Waals surface area (Å²) in [5, 5.41) is 5.94. The van der Waals surface area contributed by atoms with Crippen LogP contribution in [0.5, 0.6) is 0 Å². The van der Waals surface area contributed by atoms with Gasteiger partial charge in [0, 0.05) is 37.2 Å². The Hall–Kier alpha value is -2.25. The topological polar surface area (TPSA) is 105 Å². The SMILES string of the molecule is CC(CN)(NCc1cccc2c1CN(C1CCC(=O)NC1=O)C2=O)C1CC1. The largest absolute Gasteiger partial charge is 0.329 e. The van der Waals surface area contributed by atoms with Crippen molar-refractivity contribution in [2.75, 3.05) is 6.54 Å². The van der Waals surface area contributed by atoms with Gasteiger partial charge in [0.15, 0.2) is 0 Å². The fourth-order valence-electron chi connectivity index (χ4n) is 4.22. The monoisotopic (exact) mass is 370 g/mol. The third-order valence-electron chi connectivity index (χ3n) is 6.26. The van der Waals surface area contributed by atoms with E-state index in [0.29, 0.717) is 37.5 Å². The van der Waals surface area contributed by atoms with Crippen molar-refractivity contribution in [1.29, 1.82) is 0 Å². The van der Waals surface area contributed by atoms with Crippen molar-refractivity contribution < 1.29 is 14.4 Å². The molecule has 1 aromatic carbocycles. The van der Waals surface area contributed by atoms with Crippen molar-refractivity contribution >= 4 is 17.7 Å². The van der Waals surface area contributed by atoms with Gasteiger partial charge in [0.1, 0.15) is 6.04 Å². The summed E-state index contributed by atoms with van der Waals surface area (Å²) in [5.41, 5.74) is 8.59. The lowest BCUT2D eigenvalue weighted by Gasteiger charge is -2.30. The molecule has 2 unspecified atom stereocenters. The third-order valence-corrected chi connectivity index (χ3v) is 6.26. The Morgan fingerprint density at radius 1 is 1.26 bits per heavy atom. The highest BCUT2D eigenvalue weighted by Gasteiger charge is 2.41. The van der Waals surface area contributed by atoms with Gasteiger partial charge in [-0.2, -0.15) is 0 Å². The first kappa shape index (κ1) is 18.1. The first-order valence-corrected chi connectivity index (χ1v) is 9.63. The summed E-state index contributed by atoms with van der Waals surface area (Å²) >= 11 is 0. The first-order valence-electron chi connectivity index (χ1n) is 9.63. The molecule has 0 spiro atoms. The molecule has 3 amide bonds. The molecule has 27 heavy (non-hydrogen) atoms. The molecule has 1 saturated carbocycles. The van der Waals surface area contributed by atoms with E-state index in [1.807, 2.05) is 18.2 Å². The lowest BCUT2D eigenvalue weighted by Crippen LogP contribution is -2.52. The van der Waals surface area contributed by atoms with Crippen molar-refractivity contribution in [2.45, 2.75) is 57.3 Å². The maximum Gasteiger partial charge on any atom is 0.255 e. The Labute approximate surface area is 158 Å². The van der Waals surface area contributed by atoms with E-state index in [4.69, 9.17) is 5.73 Å². The summed E-state index contributed by atoms with van der Waals surface area (Å²) in [4.78, 5) is 38.1. The molecule has 4 N–H and O–H groups in total. The van der Waals surface area contributed by atoms with Crippen LogP contribution in [-0.4, -0.2) is 40.7 Å². The quantitative estimate of drug-likeness (QED) is 0.638. The molecule has 7 heteroatoms. The summed E-state index contributed by atoms with van der Waals surface area (Å²) in [5.74, 6) is -0.172. The Morgan fingerprint density at radius 3 is 2.70 bits per heavy atom. The number of piperidine rings is 1. The van der Waals surface area contributed by atoms with Crippen molar-refractivity contribution in [3.05, 3.63) is 34.9 Å². The minimum absolute atomic E-state index is 0.0886. The smallest absolute Gasteiger partial charge is 0.255 e. The third kappa shape index (κ3) is 3.26. The van der Waals surface area contributed by atoms with E-state index < -0.39 is 6.04 Å². The Balaban J connectivity index is 1.52. The van der Waals surface area contributed by atoms with Crippen molar-refractivity contribution in [1.82, 2.24) is 15.5 Å². The molecule has 2 fully saturated rings. The van der Waals surface area contributed by atoms with Crippen molar-refractivity contribution in [2.24, 2.45) is 11.7 Å². The van der Waals surface area contributed by atoms with E-state index >= 15 is 0 Å². The second kappa shape index (κ2) is 6.73. The molecule has 1 aromatic rings. The van der Waals surface area contributed by atoms with E-state index in [-0.39, 0.29) is 29.7 Å². The minimum Gasteiger partial charge on any atom is -0.329 e. The van der Waals surface area contributed by atoms with Crippen LogP contribution < -0.4 is 16.4 Å². The van der Waals surface area contributed by atoms with Crippen LogP contribution >= 0.6 is 0 Å². The number of carbonyl (C=O) groups is 3. The molecule has 0 bridgehead atoms. The number of nitrogens with zero attached hydrogens (tertiary/aromatic N) is 1. The number of hydrogen-bond acceptors (Lipinski definition) is 5. The molecule has 2 heterocycles. The van der Waals surface area contributed by atoms with E-state index in [2.05, 4.69) is 17.6 Å². The Bertz CT molecular complexity index is 804.